The number of β-amino-alcohol motifs (C(OH)–C–C–N with tert-alkyl or cyclic N) is 1. The minimum absolute atomic E-state index is 0.0414. The third kappa shape index (κ3) is 13.1. The number of ether oxygens (including phenoxy) is 3. The number of aromatic nitrogens is 2. The number of nitrogens with zero attached hydrogens (tertiary/aromatic N) is 4. The summed E-state index contributed by atoms with van der Waals surface area (Å²) in [5.74, 6) is -0.310. The molecule has 2 fully saturated rings. The highest BCUT2D eigenvalue weighted by molar-refractivity contribution is 7.13. The fraction of sp³-hybridized carbons (Fsp3) is 0.475. The highest BCUT2D eigenvalue weighted by atomic mass is 32.1. The molecule has 2 aromatic heterocycles. The summed E-state index contributed by atoms with van der Waals surface area (Å²) in [6, 6.07) is 21.2. The van der Waals surface area contributed by atoms with Gasteiger partial charge < -0.3 is 49.6 Å². The molecule has 3 aliphatic rings. The van der Waals surface area contributed by atoms with Crippen LogP contribution in [0.2, 0.25) is 0 Å². The quantitative estimate of drug-likeness (QED) is 0.0512. The number of dihydropyridines is 1. The third-order valence-electron chi connectivity index (χ3n) is 14.9. The number of aliphatic hydroxyl groups is 1. The summed E-state index contributed by atoms with van der Waals surface area (Å²) in [5, 5.41) is 24.7. The fourth-order valence-electron chi connectivity index (χ4n) is 10.7. The van der Waals surface area contributed by atoms with Crippen LogP contribution in [-0.4, -0.2) is 108 Å². The molecule has 4 N–H and O–H groups in total. The summed E-state index contributed by atoms with van der Waals surface area (Å²) in [4.78, 5) is 51.5. The Morgan fingerprint density at radius 3 is 2.31 bits per heavy atom. The van der Waals surface area contributed by atoms with Gasteiger partial charge in [0.25, 0.3) is 11.8 Å². The van der Waals surface area contributed by atoms with Crippen LogP contribution in [0, 0.1) is 19.8 Å². The van der Waals surface area contributed by atoms with Crippen molar-refractivity contribution < 1.29 is 38.2 Å². The van der Waals surface area contributed by atoms with E-state index < -0.39 is 18.1 Å². The first-order chi connectivity index (χ1) is 36.1. The van der Waals surface area contributed by atoms with Gasteiger partial charge in [-0.15, -0.1) is 11.3 Å². The van der Waals surface area contributed by atoms with Gasteiger partial charge in [-0.3, -0.25) is 14.4 Å². The number of amides is 3. The van der Waals surface area contributed by atoms with Crippen LogP contribution in [0.15, 0.2) is 99.7 Å². The smallest absolute Gasteiger partial charge is 0.254 e. The summed E-state index contributed by atoms with van der Waals surface area (Å²) in [6.45, 7) is 21.9. The lowest BCUT2D eigenvalue weighted by Crippen LogP contribution is -2.48. The van der Waals surface area contributed by atoms with Gasteiger partial charge in [0.15, 0.2) is 5.76 Å². The summed E-state index contributed by atoms with van der Waals surface area (Å²) in [6.07, 6.45) is 4.71. The van der Waals surface area contributed by atoms with Crippen molar-refractivity contribution in [3.8, 4) is 33.2 Å². The molecule has 3 amide bonds. The molecule has 2 saturated heterocycles. The SMILES string of the molecule is CCN(c1cc(-c2ccc(OCCCCOc3cc(C(C(=O)N4C[C@H](O)C[C@H]4C(=O)N[C@@H](C)c4ccc(-c5scnc5C)cc4)C(C)C)on3)cc2)cc(C(=O)NCC2=C(C)C=C(C)NC2C)c1C)C1CCOCC1. The molecule has 2 unspecified atom stereocenters. The Morgan fingerprint density at radius 2 is 1.64 bits per heavy atom. The van der Waals surface area contributed by atoms with E-state index in [9.17, 15) is 19.5 Å². The van der Waals surface area contributed by atoms with Gasteiger partial charge in [-0.05, 0) is 155 Å². The largest absolute Gasteiger partial charge is 0.494 e. The molecule has 5 aromatic rings. The number of nitrogens with one attached hydrogen (secondary N) is 3. The van der Waals surface area contributed by atoms with Crippen LogP contribution in [0.1, 0.15) is 125 Å². The first kappa shape index (κ1) is 54.8. The Hall–Kier alpha value is -6.49. The first-order valence-electron chi connectivity index (χ1n) is 26.6. The maximum atomic E-state index is 14.2. The van der Waals surface area contributed by atoms with Gasteiger partial charge in [0.05, 0.1) is 41.4 Å². The topological polar surface area (TPSA) is 181 Å². The molecule has 16 heteroatoms. The lowest BCUT2D eigenvalue weighted by Gasteiger charge is -2.37. The van der Waals surface area contributed by atoms with Crippen molar-refractivity contribution in [3.63, 3.8) is 0 Å². The van der Waals surface area contributed by atoms with E-state index in [-0.39, 0.29) is 54.6 Å². The number of hydrogen-bond acceptors (Lipinski definition) is 13. The molecular formula is C59H75N7O8S. The van der Waals surface area contributed by atoms with Gasteiger partial charge in [0.2, 0.25) is 11.8 Å². The number of aliphatic hydroxyl groups excluding tert-OH is 1. The van der Waals surface area contributed by atoms with Gasteiger partial charge in [-0.1, -0.05) is 50.2 Å². The average Bonchev–Trinajstić information content (AvgIpc) is 4.15. The van der Waals surface area contributed by atoms with E-state index in [2.05, 4.69) is 77.8 Å². The van der Waals surface area contributed by atoms with E-state index in [4.69, 9.17) is 18.7 Å². The normalized spacial score (nSPS) is 18.8. The van der Waals surface area contributed by atoms with Crippen LogP contribution >= 0.6 is 11.3 Å². The number of allylic oxidation sites excluding steroid dienone is 3. The van der Waals surface area contributed by atoms with E-state index in [0.29, 0.717) is 43.5 Å². The van der Waals surface area contributed by atoms with Crippen molar-refractivity contribution in [1.29, 1.82) is 0 Å². The second-order valence-corrected chi connectivity index (χ2v) is 21.5. The van der Waals surface area contributed by atoms with Crippen molar-refractivity contribution in [2.75, 3.05) is 51.0 Å². The predicted octanol–water partition coefficient (Wildman–Crippen LogP) is 9.85. The third-order valence-corrected chi connectivity index (χ3v) is 15.9. The maximum absolute atomic E-state index is 14.2. The highest BCUT2D eigenvalue weighted by Gasteiger charge is 2.43. The molecule has 5 heterocycles. The van der Waals surface area contributed by atoms with E-state index >= 15 is 0 Å². The van der Waals surface area contributed by atoms with Crippen molar-refractivity contribution in [3.05, 3.63) is 123 Å². The zero-order valence-corrected chi connectivity index (χ0v) is 45.9. The number of likely N-dealkylation sites (tertiary alicyclic amines) is 1. The van der Waals surface area contributed by atoms with Gasteiger partial charge in [0, 0.05) is 74.4 Å². The van der Waals surface area contributed by atoms with Crippen LogP contribution in [0.4, 0.5) is 5.69 Å². The van der Waals surface area contributed by atoms with Crippen molar-refractivity contribution in [2.24, 2.45) is 5.92 Å². The molecule has 15 nitrogen and oxygen atoms in total. The molecule has 0 radical (unpaired) electrons. The molecule has 0 aliphatic carbocycles. The molecule has 8 rings (SSSR count). The minimum atomic E-state index is -0.841. The van der Waals surface area contributed by atoms with Gasteiger partial charge in [0.1, 0.15) is 17.7 Å². The molecule has 0 spiro atoms. The molecule has 0 saturated carbocycles. The number of aryl methyl sites for hydroxylation is 1. The van der Waals surface area contributed by atoms with Gasteiger partial charge in [-0.25, -0.2) is 4.98 Å². The van der Waals surface area contributed by atoms with E-state index in [1.165, 1.54) is 16.0 Å². The second kappa shape index (κ2) is 24.9. The predicted molar refractivity (Wildman–Crippen MR) is 294 cm³/mol. The Bertz CT molecular complexity index is 2830. The average molecular weight is 1040 g/mol. The minimum Gasteiger partial charge on any atom is -0.494 e. The molecule has 3 aromatic carbocycles. The lowest BCUT2D eigenvalue weighted by molar-refractivity contribution is -0.141. The molecular weight excluding hydrogens is 967 g/mol. The zero-order chi connectivity index (χ0) is 53.3. The summed E-state index contributed by atoms with van der Waals surface area (Å²) in [7, 11) is 0. The number of anilines is 1. The van der Waals surface area contributed by atoms with Gasteiger partial charge >= 0.3 is 0 Å². The van der Waals surface area contributed by atoms with Crippen LogP contribution in [0.25, 0.3) is 21.6 Å². The van der Waals surface area contributed by atoms with Crippen LogP contribution < -0.4 is 30.3 Å². The Morgan fingerprint density at radius 1 is 0.933 bits per heavy atom. The number of benzene rings is 3. The Kier molecular flexibility index (Phi) is 18.2. The number of hydrogen-bond donors (Lipinski definition) is 4. The Balaban J connectivity index is 0.840. The second-order valence-electron chi connectivity index (χ2n) is 20.6. The molecule has 5 atom stereocenters. The molecule has 3 aliphatic heterocycles. The van der Waals surface area contributed by atoms with Crippen molar-refractivity contribution in [1.82, 2.24) is 31.0 Å². The van der Waals surface area contributed by atoms with Crippen molar-refractivity contribution in [2.45, 2.75) is 131 Å². The number of rotatable bonds is 21. The molecule has 0 bridgehead atoms. The number of carbonyl (C=O) groups is 3. The molecule has 400 valence electrons. The van der Waals surface area contributed by atoms with Crippen molar-refractivity contribution >= 4 is 34.7 Å². The summed E-state index contributed by atoms with van der Waals surface area (Å²) >= 11 is 1.59. The number of thiazole rings is 1. The van der Waals surface area contributed by atoms with Crippen LogP contribution in [0.5, 0.6) is 11.6 Å². The summed E-state index contributed by atoms with van der Waals surface area (Å²) < 4.78 is 23.6. The van der Waals surface area contributed by atoms with E-state index in [1.54, 1.807) is 17.4 Å². The van der Waals surface area contributed by atoms with E-state index in [1.807, 2.05) is 87.8 Å². The standard InChI is InChI=1S/C59H75N7O8S/c1-10-65(46-21-25-71-26-22-46)51-29-45(28-49(38(51)6)57(68)60-32-50-36(4)27-37(5)62-40(50)8)43-17-19-48(20-18-43)72-23-11-12-24-73-54-31-53(74-64-54)55(35(2)3)59(70)66-33-47(67)30-52(66)58(69)63-39(7)42-13-15-44(16-14-42)56-41(9)61-34-75-56/h13-20,27-29,31,34-35,39-40,46-47,52,55,62,67H,10-12,21-26,30,32-33H2,1-9H3,(H,60,68)(H,63,69)/t39-,40?,47+,52-,55?/m0/s1. The maximum Gasteiger partial charge on any atom is 0.254 e. The highest BCUT2D eigenvalue weighted by Crippen LogP contribution is 2.36. The van der Waals surface area contributed by atoms with Gasteiger partial charge in [-0.2, -0.15) is 0 Å². The summed E-state index contributed by atoms with van der Waals surface area (Å²) in [5.41, 5.74) is 12.9. The van der Waals surface area contributed by atoms with Crippen LogP contribution in [0.3, 0.4) is 0 Å². The first-order valence-corrected chi connectivity index (χ1v) is 27.5. The number of unbranched alkanes of at least 4 members (excludes halogenated alkanes) is 1. The molecule has 75 heavy (non-hydrogen) atoms. The fourth-order valence-corrected chi connectivity index (χ4v) is 11.5. The monoisotopic (exact) mass is 1040 g/mol. The van der Waals surface area contributed by atoms with E-state index in [0.717, 1.165) is 94.5 Å². The van der Waals surface area contributed by atoms with Crippen LogP contribution in [-0.2, 0) is 14.3 Å². The Labute approximate surface area is 446 Å². The number of carbonyl (C=O) groups excluding carboxylic acids is 3. The zero-order valence-electron chi connectivity index (χ0n) is 45.0. The lowest BCUT2D eigenvalue weighted by atomic mass is 9.91.